The molecule has 2 heterocycles. The highest BCUT2D eigenvalue weighted by Crippen LogP contribution is 2.27. The van der Waals surface area contributed by atoms with Gasteiger partial charge in [-0.15, -0.1) is 0 Å². The largest absolute Gasteiger partial charge is 0.381 e. The third kappa shape index (κ3) is 10.4. The number of benzene rings is 1. The number of nitrogens with one attached hydrogen (secondary N) is 1. The van der Waals surface area contributed by atoms with Crippen molar-refractivity contribution in [1.29, 1.82) is 0 Å². The van der Waals surface area contributed by atoms with Gasteiger partial charge in [-0.2, -0.15) is 0 Å². The van der Waals surface area contributed by atoms with Crippen molar-refractivity contribution in [3.8, 4) is 0 Å². The molecule has 8 heteroatoms. The Morgan fingerprint density at radius 1 is 1.14 bits per heavy atom. The van der Waals surface area contributed by atoms with Gasteiger partial charge in [0.2, 0.25) is 5.91 Å². The third-order valence-electron chi connectivity index (χ3n) is 6.98. The van der Waals surface area contributed by atoms with Crippen molar-refractivity contribution in [1.82, 2.24) is 15.1 Å². The molecule has 1 aromatic carbocycles. The summed E-state index contributed by atoms with van der Waals surface area (Å²) < 4.78 is 22.1. The molecule has 0 unspecified atom stereocenters. The summed E-state index contributed by atoms with van der Waals surface area (Å²) in [4.78, 5) is 16.4. The lowest BCUT2D eigenvalue weighted by Gasteiger charge is -2.44. The van der Waals surface area contributed by atoms with Crippen LogP contribution in [0.5, 0.6) is 0 Å². The molecule has 2 saturated heterocycles. The van der Waals surface area contributed by atoms with Crippen LogP contribution in [0.1, 0.15) is 44.2 Å². The van der Waals surface area contributed by atoms with E-state index in [9.17, 15) is 4.79 Å². The monoisotopic (exact) mass is 507 g/mol. The number of hydrogen-bond acceptors (Lipinski definition) is 7. The highest BCUT2D eigenvalue weighted by molar-refractivity contribution is 5.75. The minimum absolute atomic E-state index is 0.0241. The Bertz CT molecular complexity index is 728. The van der Waals surface area contributed by atoms with Crippen molar-refractivity contribution in [2.45, 2.75) is 57.8 Å². The first-order chi connectivity index (χ1) is 17.5. The van der Waals surface area contributed by atoms with Crippen LogP contribution in [0.15, 0.2) is 24.3 Å². The number of morpholine rings is 1. The van der Waals surface area contributed by atoms with E-state index >= 15 is 0 Å². The maximum absolute atomic E-state index is 12.2. The Labute approximate surface area is 218 Å². The summed E-state index contributed by atoms with van der Waals surface area (Å²) in [6.45, 7) is 11.6. The van der Waals surface area contributed by atoms with Crippen molar-refractivity contribution < 1.29 is 23.7 Å². The summed E-state index contributed by atoms with van der Waals surface area (Å²) in [7, 11) is 4.89. The number of methoxy groups -OCH3 is 2. The zero-order valence-electron chi connectivity index (χ0n) is 23.2. The molecular formula is C28H49N3O5. The quantitative estimate of drug-likeness (QED) is 0.325. The van der Waals surface area contributed by atoms with Gasteiger partial charge in [-0.25, -0.2) is 0 Å². The first kappa shape index (κ1) is 30.7. The highest BCUT2D eigenvalue weighted by Gasteiger charge is 2.36. The van der Waals surface area contributed by atoms with E-state index in [-0.39, 0.29) is 11.5 Å². The third-order valence-corrected chi connectivity index (χ3v) is 6.98. The topological polar surface area (TPSA) is 72.5 Å². The Morgan fingerprint density at radius 3 is 2.47 bits per heavy atom. The van der Waals surface area contributed by atoms with E-state index in [0.717, 1.165) is 65.0 Å². The fourth-order valence-electron chi connectivity index (χ4n) is 4.65. The Kier molecular flexibility index (Phi) is 14.5. The standard InChI is InChI=1S/C26H43N3O5.C2H6/c1-28(20-25(31-2)32-3)24(30)9-17-33-16-8-23-6-4-5-22(19-23)7-13-29-14-10-26(11-15-29)21-27-12-18-34-26;1-2/h4-6,19,25,27H,7-18,20-21H2,1-3H3;1-2H3. The normalized spacial score (nSPS) is 17.6. The van der Waals surface area contributed by atoms with Gasteiger partial charge in [-0.1, -0.05) is 38.1 Å². The Balaban J connectivity index is 0.00000222. The number of carbonyl (C=O) groups excluding carboxylic acids is 1. The van der Waals surface area contributed by atoms with Crippen LogP contribution < -0.4 is 5.32 Å². The number of likely N-dealkylation sites (N-methyl/N-ethyl adjacent to an activating group) is 1. The van der Waals surface area contributed by atoms with Crippen molar-refractivity contribution in [2.75, 3.05) is 80.4 Å². The maximum Gasteiger partial charge on any atom is 0.224 e. The van der Waals surface area contributed by atoms with Gasteiger partial charge in [-0.3, -0.25) is 4.79 Å². The molecule has 0 bridgehead atoms. The number of carbonyl (C=O) groups is 1. The Morgan fingerprint density at radius 2 is 1.83 bits per heavy atom. The molecule has 1 spiro atoms. The van der Waals surface area contributed by atoms with Crippen LogP contribution in [0.25, 0.3) is 0 Å². The number of amides is 1. The lowest BCUT2D eigenvalue weighted by atomic mass is 9.90. The van der Waals surface area contributed by atoms with E-state index < -0.39 is 6.29 Å². The van der Waals surface area contributed by atoms with Crippen molar-refractivity contribution in [3.05, 3.63) is 35.4 Å². The molecule has 0 radical (unpaired) electrons. The molecule has 0 atom stereocenters. The summed E-state index contributed by atoms with van der Waals surface area (Å²) in [5.74, 6) is 0.0241. The summed E-state index contributed by atoms with van der Waals surface area (Å²) in [6.07, 6.45) is 4.10. The molecule has 2 aliphatic heterocycles. The van der Waals surface area contributed by atoms with Gasteiger partial charge in [0.05, 0.1) is 38.4 Å². The number of likely N-dealkylation sites (tertiary alicyclic amines) is 1. The van der Waals surface area contributed by atoms with Gasteiger partial charge in [0.25, 0.3) is 0 Å². The van der Waals surface area contributed by atoms with Gasteiger partial charge < -0.3 is 34.1 Å². The van der Waals surface area contributed by atoms with E-state index in [1.165, 1.54) is 11.1 Å². The van der Waals surface area contributed by atoms with Crippen molar-refractivity contribution in [3.63, 3.8) is 0 Å². The number of nitrogens with zero attached hydrogens (tertiary/aromatic N) is 2. The van der Waals surface area contributed by atoms with E-state index in [1.807, 2.05) is 13.8 Å². The lowest BCUT2D eigenvalue weighted by Crippen LogP contribution is -2.55. The first-order valence-corrected chi connectivity index (χ1v) is 13.6. The molecular weight excluding hydrogens is 458 g/mol. The molecule has 36 heavy (non-hydrogen) atoms. The Hall–Kier alpha value is -1.55. The van der Waals surface area contributed by atoms with E-state index in [2.05, 4.69) is 34.5 Å². The van der Waals surface area contributed by atoms with Crippen LogP contribution in [0.3, 0.4) is 0 Å². The van der Waals surface area contributed by atoms with Crippen LogP contribution in [-0.4, -0.2) is 108 Å². The van der Waals surface area contributed by atoms with Gasteiger partial charge in [0, 0.05) is 54.0 Å². The zero-order chi connectivity index (χ0) is 26.2. The average molecular weight is 508 g/mol. The summed E-state index contributed by atoms with van der Waals surface area (Å²) >= 11 is 0. The van der Waals surface area contributed by atoms with Gasteiger partial charge in [0.1, 0.15) is 0 Å². The predicted octanol–water partition coefficient (Wildman–Crippen LogP) is 2.74. The number of rotatable bonds is 13. The summed E-state index contributed by atoms with van der Waals surface area (Å²) in [5.41, 5.74) is 2.73. The fourth-order valence-corrected chi connectivity index (χ4v) is 4.65. The molecule has 1 amide bonds. The molecule has 2 aliphatic rings. The summed E-state index contributed by atoms with van der Waals surface area (Å²) in [6, 6.07) is 8.79. The molecule has 0 saturated carbocycles. The first-order valence-electron chi connectivity index (χ1n) is 13.6. The molecule has 0 aromatic heterocycles. The van der Waals surface area contributed by atoms with Crippen LogP contribution >= 0.6 is 0 Å². The van der Waals surface area contributed by atoms with Crippen LogP contribution in [-0.2, 0) is 36.6 Å². The van der Waals surface area contributed by atoms with Gasteiger partial charge in [0.15, 0.2) is 6.29 Å². The minimum atomic E-state index is -0.406. The molecule has 1 N–H and O–H groups in total. The summed E-state index contributed by atoms with van der Waals surface area (Å²) in [5, 5.41) is 3.49. The van der Waals surface area contributed by atoms with Crippen molar-refractivity contribution in [2.24, 2.45) is 0 Å². The zero-order valence-corrected chi connectivity index (χ0v) is 23.2. The molecule has 1 aromatic rings. The SMILES string of the molecule is CC.COC(CN(C)C(=O)CCOCCc1cccc(CCN2CCC3(CC2)CNCCO3)c1)OC. The molecule has 0 aliphatic carbocycles. The van der Waals surface area contributed by atoms with Crippen LogP contribution in [0.2, 0.25) is 0 Å². The number of piperidine rings is 1. The predicted molar refractivity (Wildman–Crippen MR) is 143 cm³/mol. The molecule has 2 fully saturated rings. The van der Waals surface area contributed by atoms with Crippen molar-refractivity contribution >= 4 is 5.91 Å². The van der Waals surface area contributed by atoms with Gasteiger partial charge >= 0.3 is 0 Å². The van der Waals surface area contributed by atoms with E-state index in [4.69, 9.17) is 18.9 Å². The maximum atomic E-state index is 12.2. The van der Waals surface area contributed by atoms with Crippen LogP contribution in [0, 0.1) is 0 Å². The molecule has 8 nitrogen and oxygen atoms in total. The van der Waals surface area contributed by atoms with E-state index in [0.29, 0.717) is 26.2 Å². The molecule has 3 rings (SSSR count). The number of ether oxygens (including phenoxy) is 4. The lowest BCUT2D eigenvalue weighted by molar-refractivity contribution is -0.143. The smallest absolute Gasteiger partial charge is 0.224 e. The second-order valence-corrected chi connectivity index (χ2v) is 9.41. The molecule has 206 valence electrons. The second-order valence-electron chi connectivity index (χ2n) is 9.41. The minimum Gasteiger partial charge on any atom is -0.381 e. The van der Waals surface area contributed by atoms with Crippen LogP contribution in [0.4, 0.5) is 0 Å². The number of hydrogen-bond donors (Lipinski definition) is 1. The second kappa shape index (κ2) is 17.1. The van der Waals surface area contributed by atoms with Gasteiger partial charge in [-0.05, 0) is 36.8 Å². The highest BCUT2D eigenvalue weighted by atomic mass is 16.7. The fraction of sp³-hybridized carbons (Fsp3) is 0.750. The average Bonchev–Trinajstić information content (AvgIpc) is 2.93. The van der Waals surface area contributed by atoms with E-state index in [1.54, 1.807) is 26.2 Å².